The highest BCUT2D eigenvalue weighted by molar-refractivity contribution is 9.10. The van der Waals surface area contributed by atoms with E-state index in [1.165, 1.54) is 12.1 Å². The van der Waals surface area contributed by atoms with E-state index in [2.05, 4.69) is 31.5 Å². The van der Waals surface area contributed by atoms with Crippen LogP contribution in [0.3, 0.4) is 0 Å². The van der Waals surface area contributed by atoms with Crippen LogP contribution in [0.5, 0.6) is 0 Å². The van der Waals surface area contributed by atoms with E-state index in [1.807, 2.05) is 42.8 Å². The quantitative estimate of drug-likeness (QED) is 0.516. The molecule has 160 valence electrons. The summed E-state index contributed by atoms with van der Waals surface area (Å²) in [7, 11) is 0. The Hall–Kier alpha value is -2.71. The average molecular weight is 506 g/mol. The van der Waals surface area contributed by atoms with Gasteiger partial charge in [-0.05, 0) is 43.7 Å². The molecule has 0 saturated carbocycles. The molecule has 1 atom stereocenters. The van der Waals surface area contributed by atoms with Crippen LogP contribution in [0, 0.1) is 19.7 Å². The van der Waals surface area contributed by atoms with Crippen LogP contribution in [-0.4, -0.2) is 27.5 Å². The van der Waals surface area contributed by atoms with Crippen LogP contribution < -0.4 is 5.32 Å². The van der Waals surface area contributed by atoms with Crippen molar-refractivity contribution >= 4 is 44.8 Å². The second-order valence-electron chi connectivity index (χ2n) is 7.25. The number of hydrogen-bond acceptors (Lipinski definition) is 4. The number of nitrogens with one attached hydrogen (secondary N) is 1. The molecule has 2 aromatic carbocycles. The lowest BCUT2D eigenvalue weighted by Gasteiger charge is -2.11. The summed E-state index contributed by atoms with van der Waals surface area (Å²) >= 11 is 9.52. The Morgan fingerprint density at radius 3 is 2.74 bits per heavy atom. The molecule has 1 aromatic heterocycles. The molecule has 0 spiro atoms. The first-order chi connectivity index (χ1) is 14.8. The van der Waals surface area contributed by atoms with Crippen molar-refractivity contribution in [1.82, 2.24) is 9.78 Å². The molecule has 1 unspecified atom stereocenters. The van der Waals surface area contributed by atoms with Crippen LogP contribution in [0.1, 0.15) is 28.9 Å². The predicted octanol–water partition coefficient (Wildman–Crippen LogP) is 5.23. The third-order valence-corrected chi connectivity index (χ3v) is 5.93. The molecule has 0 radical (unpaired) electrons. The fraction of sp³-hybridized carbons (Fsp3) is 0.227. The maximum atomic E-state index is 14.2. The van der Waals surface area contributed by atoms with E-state index >= 15 is 0 Å². The number of halogens is 3. The van der Waals surface area contributed by atoms with E-state index in [9.17, 15) is 9.18 Å². The molecule has 0 saturated heterocycles. The van der Waals surface area contributed by atoms with Crippen molar-refractivity contribution in [2.24, 2.45) is 5.16 Å². The molecule has 3 aromatic rings. The molecule has 4 rings (SSSR count). The Balaban J connectivity index is 1.46. The Labute approximate surface area is 192 Å². The first-order valence-electron chi connectivity index (χ1n) is 9.60. The Morgan fingerprint density at radius 2 is 2.03 bits per heavy atom. The molecule has 9 heteroatoms. The van der Waals surface area contributed by atoms with Crippen LogP contribution in [0.25, 0.3) is 0 Å². The van der Waals surface area contributed by atoms with Gasteiger partial charge in [-0.15, -0.1) is 0 Å². The first kappa shape index (κ1) is 21.5. The zero-order chi connectivity index (χ0) is 22.1. The highest BCUT2D eigenvalue weighted by Crippen LogP contribution is 2.27. The number of aromatic nitrogens is 2. The molecule has 0 bridgehead atoms. The Morgan fingerprint density at radius 1 is 1.29 bits per heavy atom. The van der Waals surface area contributed by atoms with Crippen LogP contribution in [-0.2, 0) is 16.2 Å². The van der Waals surface area contributed by atoms with E-state index in [0.29, 0.717) is 23.6 Å². The molecule has 0 aliphatic carbocycles. The van der Waals surface area contributed by atoms with Crippen molar-refractivity contribution in [3.8, 4) is 0 Å². The monoisotopic (exact) mass is 504 g/mol. The van der Waals surface area contributed by atoms with E-state index < -0.39 is 11.9 Å². The fourth-order valence-electron chi connectivity index (χ4n) is 3.44. The smallest absolute Gasteiger partial charge is 0.268 e. The fourth-order valence-corrected chi connectivity index (χ4v) is 3.97. The van der Waals surface area contributed by atoms with Crippen LogP contribution >= 0.6 is 27.5 Å². The topological polar surface area (TPSA) is 68.5 Å². The zero-order valence-corrected chi connectivity index (χ0v) is 19.2. The second-order valence-corrected chi connectivity index (χ2v) is 8.57. The van der Waals surface area contributed by atoms with E-state index in [-0.39, 0.29) is 22.9 Å². The number of rotatable bonds is 5. The lowest BCUT2D eigenvalue weighted by molar-refractivity contribution is -0.125. The van der Waals surface area contributed by atoms with Gasteiger partial charge in [-0.3, -0.25) is 9.48 Å². The number of anilines is 1. The number of carbonyl (C=O) groups excluding carboxylic acids is 1. The summed E-state index contributed by atoms with van der Waals surface area (Å²) in [5, 5.41) is 11.5. The highest BCUT2D eigenvalue weighted by Gasteiger charge is 2.32. The number of carbonyl (C=O) groups is 1. The van der Waals surface area contributed by atoms with Crippen molar-refractivity contribution in [2.45, 2.75) is 32.9 Å². The maximum absolute atomic E-state index is 14.2. The minimum Gasteiger partial charge on any atom is -0.382 e. The summed E-state index contributed by atoms with van der Waals surface area (Å²) in [6.07, 6.45) is -0.753. The molecule has 1 aliphatic rings. The van der Waals surface area contributed by atoms with Crippen molar-refractivity contribution in [2.75, 3.05) is 5.32 Å². The normalized spacial score (nSPS) is 15.5. The molecule has 6 nitrogen and oxygen atoms in total. The SMILES string of the molecule is Cc1nn(Cc2ccc(Br)cc2)c(C)c1NC(=O)C1CC(c2c(F)cccc2Cl)=NO1. The third-order valence-electron chi connectivity index (χ3n) is 5.09. The number of amides is 1. The minimum atomic E-state index is -0.876. The number of hydrogen-bond donors (Lipinski definition) is 1. The van der Waals surface area contributed by atoms with Gasteiger partial charge in [0.05, 0.1) is 39.9 Å². The number of nitrogens with zero attached hydrogens (tertiary/aromatic N) is 3. The molecule has 1 N–H and O–H groups in total. The molecular formula is C22H19BrClFN4O2. The van der Waals surface area contributed by atoms with E-state index in [0.717, 1.165) is 15.7 Å². The van der Waals surface area contributed by atoms with Gasteiger partial charge in [0, 0.05) is 10.9 Å². The zero-order valence-electron chi connectivity index (χ0n) is 16.8. The van der Waals surface area contributed by atoms with Crippen LogP contribution in [0.4, 0.5) is 10.1 Å². The number of benzene rings is 2. The summed E-state index contributed by atoms with van der Waals surface area (Å²) in [6.45, 7) is 4.30. The lowest BCUT2D eigenvalue weighted by atomic mass is 10.0. The second kappa shape index (κ2) is 8.80. The van der Waals surface area contributed by atoms with Gasteiger partial charge in [-0.1, -0.05) is 50.9 Å². The van der Waals surface area contributed by atoms with Crippen molar-refractivity contribution in [3.63, 3.8) is 0 Å². The molecule has 31 heavy (non-hydrogen) atoms. The van der Waals surface area contributed by atoms with Gasteiger partial charge >= 0.3 is 0 Å². The van der Waals surface area contributed by atoms with Gasteiger partial charge in [0.25, 0.3) is 5.91 Å². The molecule has 2 heterocycles. The van der Waals surface area contributed by atoms with Crippen LogP contribution in [0.15, 0.2) is 52.1 Å². The maximum Gasteiger partial charge on any atom is 0.268 e. The van der Waals surface area contributed by atoms with Gasteiger partial charge in [-0.25, -0.2) is 4.39 Å². The first-order valence-corrected chi connectivity index (χ1v) is 10.8. The van der Waals surface area contributed by atoms with Crippen molar-refractivity contribution in [1.29, 1.82) is 0 Å². The summed E-state index contributed by atoms with van der Waals surface area (Å²) in [4.78, 5) is 18.1. The van der Waals surface area contributed by atoms with Gasteiger partial charge in [0.2, 0.25) is 6.10 Å². The van der Waals surface area contributed by atoms with Crippen molar-refractivity contribution < 1.29 is 14.0 Å². The molecular weight excluding hydrogens is 487 g/mol. The van der Waals surface area contributed by atoms with E-state index in [4.69, 9.17) is 16.4 Å². The predicted molar refractivity (Wildman–Crippen MR) is 121 cm³/mol. The van der Waals surface area contributed by atoms with Gasteiger partial charge in [0.15, 0.2) is 0 Å². The molecule has 1 amide bonds. The number of aryl methyl sites for hydroxylation is 1. The summed E-state index contributed by atoms with van der Waals surface area (Å²) in [5.41, 5.74) is 3.70. The van der Waals surface area contributed by atoms with E-state index in [1.54, 1.807) is 6.07 Å². The highest BCUT2D eigenvalue weighted by atomic mass is 79.9. The molecule has 0 fully saturated rings. The van der Waals surface area contributed by atoms with Crippen molar-refractivity contribution in [3.05, 3.63) is 80.3 Å². The van der Waals surface area contributed by atoms with Gasteiger partial charge in [-0.2, -0.15) is 5.10 Å². The van der Waals surface area contributed by atoms with Gasteiger partial charge < -0.3 is 10.2 Å². The third kappa shape index (κ3) is 4.50. The lowest BCUT2D eigenvalue weighted by Crippen LogP contribution is -2.28. The minimum absolute atomic E-state index is 0.123. The molecule has 1 aliphatic heterocycles. The Kier molecular flexibility index (Phi) is 6.11. The summed E-state index contributed by atoms with van der Waals surface area (Å²) in [6, 6.07) is 12.3. The Bertz CT molecular complexity index is 1160. The summed E-state index contributed by atoms with van der Waals surface area (Å²) < 4.78 is 17.0. The number of oxime groups is 1. The summed E-state index contributed by atoms with van der Waals surface area (Å²) in [5.74, 6) is -0.877. The average Bonchev–Trinajstić information content (AvgIpc) is 3.31. The standard InChI is InChI=1S/C22H19BrClFN4O2/c1-12-21(13(2)29(27-12)11-14-6-8-15(23)9-7-14)26-22(30)19-10-18(28-31-19)20-16(24)4-3-5-17(20)25/h3-9,19H,10-11H2,1-2H3,(H,26,30). The van der Waals surface area contributed by atoms with Gasteiger partial charge in [0.1, 0.15) is 5.82 Å². The van der Waals surface area contributed by atoms with Crippen LogP contribution in [0.2, 0.25) is 5.02 Å². The largest absolute Gasteiger partial charge is 0.382 e.